The minimum atomic E-state index is -0.816. The standard InChI is InChI=1S/C19H25N3O4/c1-13(2)22-16(24)12-26-18(17(22)14-7-4-3-5-8-14)19(25)21-10-6-9-20-15(23)11-21/h3-5,7-8,13,17-18H,6,9-12H2,1-2H3,(H,20,23)/t17-,18+/m1/s1. The maximum absolute atomic E-state index is 13.2. The van der Waals surface area contributed by atoms with Gasteiger partial charge >= 0.3 is 0 Å². The summed E-state index contributed by atoms with van der Waals surface area (Å²) in [4.78, 5) is 40.8. The number of ether oxygens (including phenoxy) is 1. The molecule has 0 spiro atoms. The van der Waals surface area contributed by atoms with E-state index in [0.717, 1.165) is 5.56 Å². The van der Waals surface area contributed by atoms with Crippen molar-refractivity contribution < 1.29 is 19.1 Å². The number of carbonyl (C=O) groups is 3. The van der Waals surface area contributed by atoms with Crippen molar-refractivity contribution in [1.82, 2.24) is 15.1 Å². The highest BCUT2D eigenvalue weighted by atomic mass is 16.5. The van der Waals surface area contributed by atoms with E-state index < -0.39 is 12.1 Å². The molecule has 0 aliphatic carbocycles. The molecule has 1 aromatic carbocycles. The van der Waals surface area contributed by atoms with Crippen LogP contribution in [0.4, 0.5) is 0 Å². The largest absolute Gasteiger partial charge is 0.356 e. The number of amides is 3. The van der Waals surface area contributed by atoms with Gasteiger partial charge in [0.05, 0.1) is 12.6 Å². The Kier molecular flexibility index (Phi) is 5.56. The fourth-order valence-electron chi connectivity index (χ4n) is 3.60. The van der Waals surface area contributed by atoms with Crippen molar-refractivity contribution in [1.29, 1.82) is 0 Å². The average Bonchev–Trinajstić information content (AvgIpc) is 2.85. The third-order valence-electron chi connectivity index (χ3n) is 4.77. The molecule has 3 amide bonds. The molecule has 2 saturated heterocycles. The van der Waals surface area contributed by atoms with Gasteiger partial charge in [-0.1, -0.05) is 30.3 Å². The molecular formula is C19H25N3O4. The number of hydrogen-bond donors (Lipinski definition) is 1. The van der Waals surface area contributed by atoms with Crippen LogP contribution in [0, 0.1) is 0 Å². The molecule has 2 heterocycles. The smallest absolute Gasteiger partial charge is 0.254 e. The van der Waals surface area contributed by atoms with Crippen LogP contribution in [0.5, 0.6) is 0 Å². The zero-order chi connectivity index (χ0) is 18.7. The van der Waals surface area contributed by atoms with E-state index >= 15 is 0 Å². The highest BCUT2D eigenvalue weighted by Gasteiger charge is 2.44. The van der Waals surface area contributed by atoms with Crippen molar-refractivity contribution >= 4 is 17.7 Å². The van der Waals surface area contributed by atoms with Crippen molar-refractivity contribution in [2.24, 2.45) is 0 Å². The molecule has 2 atom stereocenters. The highest BCUT2D eigenvalue weighted by Crippen LogP contribution is 2.33. The highest BCUT2D eigenvalue weighted by molar-refractivity contribution is 5.90. The van der Waals surface area contributed by atoms with Crippen molar-refractivity contribution in [3.63, 3.8) is 0 Å². The van der Waals surface area contributed by atoms with Crippen LogP contribution in [-0.4, -0.2) is 65.9 Å². The van der Waals surface area contributed by atoms with Crippen LogP contribution in [0.2, 0.25) is 0 Å². The zero-order valence-electron chi connectivity index (χ0n) is 15.2. The van der Waals surface area contributed by atoms with Crippen LogP contribution in [0.25, 0.3) is 0 Å². The number of morpholine rings is 1. The Hall–Kier alpha value is -2.41. The Morgan fingerprint density at radius 3 is 2.65 bits per heavy atom. The van der Waals surface area contributed by atoms with Gasteiger partial charge in [-0.05, 0) is 25.8 Å². The van der Waals surface area contributed by atoms with E-state index in [-0.39, 0.29) is 36.9 Å². The summed E-state index contributed by atoms with van der Waals surface area (Å²) in [5.41, 5.74) is 0.854. The second kappa shape index (κ2) is 7.86. The summed E-state index contributed by atoms with van der Waals surface area (Å²) in [5.74, 6) is -0.541. The van der Waals surface area contributed by atoms with E-state index in [1.54, 1.807) is 4.90 Å². The Bertz CT molecular complexity index is 677. The lowest BCUT2D eigenvalue weighted by Gasteiger charge is -2.43. The maximum atomic E-state index is 13.2. The maximum Gasteiger partial charge on any atom is 0.254 e. The van der Waals surface area contributed by atoms with Gasteiger partial charge in [0.2, 0.25) is 11.8 Å². The molecule has 2 fully saturated rings. The molecule has 1 N–H and O–H groups in total. The first kappa shape index (κ1) is 18.4. The second-order valence-corrected chi connectivity index (χ2v) is 6.95. The number of nitrogens with one attached hydrogen (secondary N) is 1. The monoisotopic (exact) mass is 359 g/mol. The van der Waals surface area contributed by atoms with Gasteiger partial charge in [0.1, 0.15) is 6.61 Å². The predicted molar refractivity (Wildman–Crippen MR) is 95.1 cm³/mol. The van der Waals surface area contributed by atoms with Crippen LogP contribution in [0.15, 0.2) is 30.3 Å². The minimum absolute atomic E-state index is 0.0236. The van der Waals surface area contributed by atoms with E-state index in [1.807, 2.05) is 44.2 Å². The van der Waals surface area contributed by atoms with Gasteiger partial charge in [-0.15, -0.1) is 0 Å². The first-order chi connectivity index (χ1) is 12.5. The molecule has 0 radical (unpaired) electrons. The van der Waals surface area contributed by atoms with Crippen molar-refractivity contribution in [3.8, 4) is 0 Å². The minimum Gasteiger partial charge on any atom is -0.356 e. The average molecular weight is 359 g/mol. The summed E-state index contributed by atoms with van der Waals surface area (Å²) in [5, 5.41) is 2.77. The summed E-state index contributed by atoms with van der Waals surface area (Å²) in [6, 6.07) is 8.89. The van der Waals surface area contributed by atoms with Crippen molar-refractivity contribution in [2.75, 3.05) is 26.2 Å². The lowest BCUT2D eigenvalue weighted by Crippen LogP contribution is -2.57. The Labute approximate surface area is 153 Å². The van der Waals surface area contributed by atoms with Crippen LogP contribution < -0.4 is 5.32 Å². The van der Waals surface area contributed by atoms with Crippen LogP contribution in [0.1, 0.15) is 31.9 Å². The quantitative estimate of drug-likeness (QED) is 0.862. The molecule has 0 saturated carbocycles. The molecule has 2 aliphatic heterocycles. The van der Waals surface area contributed by atoms with E-state index in [2.05, 4.69) is 5.32 Å². The molecule has 0 aromatic heterocycles. The van der Waals surface area contributed by atoms with Crippen molar-refractivity contribution in [3.05, 3.63) is 35.9 Å². The summed E-state index contributed by atoms with van der Waals surface area (Å²) < 4.78 is 5.71. The summed E-state index contributed by atoms with van der Waals surface area (Å²) in [6.45, 7) is 4.81. The van der Waals surface area contributed by atoms with Gasteiger partial charge in [-0.25, -0.2) is 0 Å². The lowest BCUT2D eigenvalue weighted by molar-refractivity contribution is -0.172. The molecule has 2 aliphatic rings. The topological polar surface area (TPSA) is 79.0 Å². The van der Waals surface area contributed by atoms with Gasteiger partial charge in [-0.2, -0.15) is 0 Å². The summed E-state index contributed by atoms with van der Waals surface area (Å²) in [6.07, 6.45) is -0.115. The molecule has 7 heteroatoms. The third-order valence-corrected chi connectivity index (χ3v) is 4.77. The van der Waals surface area contributed by atoms with E-state index in [1.165, 1.54) is 4.90 Å². The second-order valence-electron chi connectivity index (χ2n) is 6.95. The normalized spacial score (nSPS) is 24.4. The lowest BCUT2D eigenvalue weighted by atomic mass is 9.95. The van der Waals surface area contributed by atoms with Gasteiger partial charge < -0.3 is 19.9 Å². The SMILES string of the molecule is CC(C)N1C(=O)CO[C@H](C(=O)N2CCCNC(=O)C2)[C@H]1c1ccccc1. The van der Waals surface area contributed by atoms with Gasteiger partial charge in [-0.3, -0.25) is 14.4 Å². The number of carbonyl (C=O) groups excluding carboxylic acids is 3. The summed E-state index contributed by atoms with van der Waals surface area (Å²) in [7, 11) is 0. The molecule has 140 valence electrons. The summed E-state index contributed by atoms with van der Waals surface area (Å²) >= 11 is 0. The van der Waals surface area contributed by atoms with Crippen LogP contribution in [-0.2, 0) is 19.1 Å². The van der Waals surface area contributed by atoms with E-state index in [9.17, 15) is 14.4 Å². The fourth-order valence-corrected chi connectivity index (χ4v) is 3.60. The fraction of sp³-hybridized carbons (Fsp3) is 0.526. The number of nitrogens with zero attached hydrogens (tertiary/aromatic N) is 2. The van der Waals surface area contributed by atoms with Gasteiger partial charge in [0, 0.05) is 19.1 Å². The van der Waals surface area contributed by atoms with E-state index in [4.69, 9.17) is 4.74 Å². The van der Waals surface area contributed by atoms with Gasteiger partial charge in [0.25, 0.3) is 5.91 Å². The molecular weight excluding hydrogens is 334 g/mol. The van der Waals surface area contributed by atoms with Crippen LogP contribution in [0.3, 0.4) is 0 Å². The van der Waals surface area contributed by atoms with Crippen molar-refractivity contribution in [2.45, 2.75) is 38.5 Å². The molecule has 1 aromatic rings. The Morgan fingerprint density at radius 2 is 1.96 bits per heavy atom. The molecule has 0 bridgehead atoms. The first-order valence-electron chi connectivity index (χ1n) is 9.02. The predicted octanol–water partition coefficient (Wildman–Crippen LogP) is 0.712. The van der Waals surface area contributed by atoms with E-state index in [0.29, 0.717) is 19.5 Å². The first-order valence-corrected chi connectivity index (χ1v) is 9.02. The number of benzene rings is 1. The molecule has 26 heavy (non-hydrogen) atoms. The Balaban J connectivity index is 1.93. The number of rotatable bonds is 3. The Morgan fingerprint density at radius 1 is 1.23 bits per heavy atom. The van der Waals surface area contributed by atoms with Gasteiger partial charge in [0.15, 0.2) is 6.10 Å². The molecule has 7 nitrogen and oxygen atoms in total. The van der Waals surface area contributed by atoms with Crippen LogP contribution >= 0.6 is 0 Å². The molecule has 0 unspecified atom stereocenters. The number of hydrogen-bond acceptors (Lipinski definition) is 4. The molecule has 3 rings (SSSR count). The zero-order valence-corrected chi connectivity index (χ0v) is 15.2. The third kappa shape index (κ3) is 3.72.